The lowest BCUT2D eigenvalue weighted by Gasteiger charge is -2.20. The van der Waals surface area contributed by atoms with Crippen LogP contribution in [0.15, 0.2) is 30.3 Å². The summed E-state index contributed by atoms with van der Waals surface area (Å²) in [6.45, 7) is 4.09. The van der Waals surface area contributed by atoms with Crippen molar-refractivity contribution in [3.05, 3.63) is 35.9 Å². The van der Waals surface area contributed by atoms with Crippen molar-refractivity contribution in [3.63, 3.8) is 0 Å². The number of benzene rings is 1. The largest absolute Gasteiger partial charge is 0.386 e. The summed E-state index contributed by atoms with van der Waals surface area (Å²) in [4.78, 5) is 12.0. The Labute approximate surface area is 147 Å². The summed E-state index contributed by atoms with van der Waals surface area (Å²) in [5.74, 6) is 0.0421. The summed E-state index contributed by atoms with van der Waals surface area (Å²) in [6, 6.07) is 9.22. The Morgan fingerprint density at radius 3 is 2.08 bits per heavy atom. The van der Waals surface area contributed by atoms with Gasteiger partial charge in [-0.05, 0) is 18.9 Å². The van der Waals surface area contributed by atoms with Crippen LogP contribution in [0.4, 0.5) is 0 Å². The van der Waals surface area contributed by atoms with E-state index in [2.05, 4.69) is 12.2 Å². The minimum Gasteiger partial charge on any atom is -0.386 e. The standard InChI is InChI=1S/C21H35NO2/c1-3-4-5-6-7-8-9-10-14-17-20(23)22-18(2)21(24)19-15-12-11-13-16-19/h11-13,15-16,18,21,24H,3-10,14,17H2,1-2H3,(H,22,23)/t18?,21-/m1/s1. The van der Waals surface area contributed by atoms with E-state index in [1.54, 1.807) is 0 Å². The highest BCUT2D eigenvalue weighted by atomic mass is 16.3. The van der Waals surface area contributed by atoms with Crippen LogP contribution in [0.5, 0.6) is 0 Å². The molecule has 136 valence electrons. The van der Waals surface area contributed by atoms with E-state index < -0.39 is 6.10 Å². The summed E-state index contributed by atoms with van der Waals surface area (Å²) >= 11 is 0. The average Bonchev–Trinajstić information content (AvgIpc) is 2.60. The smallest absolute Gasteiger partial charge is 0.220 e. The zero-order chi connectivity index (χ0) is 17.6. The summed E-state index contributed by atoms with van der Waals surface area (Å²) in [5, 5.41) is 13.2. The van der Waals surface area contributed by atoms with E-state index in [1.165, 1.54) is 44.9 Å². The molecular formula is C21H35NO2. The molecule has 1 aromatic carbocycles. The Hall–Kier alpha value is -1.35. The fourth-order valence-electron chi connectivity index (χ4n) is 2.94. The number of carbonyl (C=O) groups excluding carboxylic acids is 1. The van der Waals surface area contributed by atoms with Crippen LogP contribution in [0, 0.1) is 0 Å². The number of nitrogens with one attached hydrogen (secondary N) is 1. The molecule has 0 aliphatic rings. The quantitative estimate of drug-likeness (QED) is 0.491. The molecule has 0 spiro atoms. The van der Waals surface area contributed by atoms with Crippen molar-refractivity contribution in [1.82, 2.24) is 5.32 Å². The van der Waals surface area contributed by atoms with E-state index in [0.717, 1.165) is 18.4 Å². The predicted octanol–water partition coefficient (Wildman–Crippen LogP) is 5.15. The van der Waals surface area contributed by atoms with Crippen LogP contribution in [0.1, 0.15) is 89.7 Å². The molecule has 0 radical (unpaired) electrons. The number of aliphatic hydroxyl groups excluding tert-OH is 1. The van der Waals surface area contributed by atoms with E-state index in [-0.39, 0.29) is 11.9 Å². The lowest BCUT2D eigenvalue weighted by Crippen LogP contribution is -2.36. The van der Waals surface area contributed by atoms with Crippen molar-refractivity contribution >= 4 is 5.91 Å². The molecule has 2 atom stereocenters. The number of carbonyl (C=O) groups is 1. The highest BCUT2D eigenvalue weighted by Gasteiger charge is 2.17. The van der Waals surface area contributed by atoms with Gasteiger partial charge < -0.3 is 10.4 Å². The van der Waals surface area contributed by atoms with Gasteiger partial charge in [-0.3, -0.25) is 4.79 Å². The average molecular weight is 334 g/mol. The Morgan fingerprint density at radius 1 is 0.958 bits per heavy atom. The molecule has 3 heteroatoms. The fraction of sp³-hybridized carbons (Fsp3) is 0.667. The molecule has 1 rings (SSSR count). The Balaban J connectivity index is 2.07. The van der Waals surface area contributed by atoms with Gasteiger partial charge in [-0.2, -0.15) is 0 Å². The molecule has 0 aliphatic carbocycles. The van der Waals surface area contributed by atoms with Gasteiger partial charge in [0.05, 0.1) is 12.1 Å². The molecule has 0 bridgehead atoms. The van der Waals surface area contributed by atoms with E-state index >= 15 is 0 Å². The lowest BCUT2D eigenvalue weighted by molar-refractivity contribution is -0.122. The van der Waals surface area contributed by atoms with Crippen molar-refractivity contribution in [1.29, 1.82) is 0 Å². The first kappa shape index (κ1) is 20.7. The van der Waals surface area contributed by atoms with Gasteiger partial charge in [0.15, 0.2) is 0 Å². The Morgan fingerprint density at radius 2 is 1.50 bits per heavy atom. The molecular weight excluding hydrogens is 298 g/mol. The van der Waals surface area contributed by atoms with Crippen LogP contribution < -0.4 is 5.32 Å². The second-order valence-electron chi connectivity index (χ2n) is 6.79. The molecule has 0 heterocycles. The van der Waals surface area contributed by atoms with Gasteiger partial charge in [-0.15, -0.1) is 0 Å². The molecule has 0 aliphatic heterocycles. The number of unbranched alkanes of at least 4 members (excludes halogenated alkanes) is 8. The Kier molecular flexibility index (Phi) is 11.2. The topological polar surface area (TPSA) is 49.3 Å². The monoisotopic (exact) mass is 333 g/mol. The second kappa shape index (κ2) is 13.0. The molecule has 2 N–H and O–H groups in total. The molecule has 0 fully saturated rings. The summed E-state index contributed by atoms with van der Waals surface area (Å²) in [7, 11) is 0. The molecule has 1 unspecified atom stereocenters. The number of amides is 1. The molecule has 1 aromatic rings. The molecule has 0 aromatic heterocycles. The first-order chi connectivity index (χ1) is 11.6. The van der Waals surface area contributed by atoms with Gasteiger partial charge in [0.25, 0.3) is 0 Å². The maximum Gasteiger partial charge on any atom is 0.220 e. The zero-order valence-corrected chi connectivity index (χ0v) is 15.5. The van der Waals surface area contributed by atoms with Crippen LogP contribution >= 0.6 is 0 Å². The zero-order valence-electron chi connectivity index (χ0n) is 15.5. The highest BCUT2D eigenvalue weighted by Crippen LogP contribution is 2.16. The molecule has 3 nitrogen and oxygen atoms in total. The van der Waals surface area contributed by atoms with Crippen LogP contribution in [0.25, 0.3) is 0 Å². The van der Waals surface area contributed by atoms with Gasteiger partial charge in [-0.25, -0.2) is 0 Å². The van der Waals surface area contributed by atoms with Crippen LogP contribution in [-0.2, 0) is 4.79 Å². The molecule has 1 amide bonds. The van der Waals surface area contributed by atoms with Crippen LogP contribution in [-0.4, -0.2) is 17.1 Å². The van der Waals surface area contributed by atoms with E-state index in [0.29, 0.717) is 6.42 Å². The van der Waals surface area contributed by atoms with Crippen molar-refractivity contribution in [2.45, 2.75) is 90.2 Å². The van der Waals surface area contributed by atoms with Gasteiger partial charge in [0.1, 0.15) is 0 Å². The van der Waals surface area contributed by atoms with E-state index in [1.807, 2.05) is 37.3 Å². The van der Waals surface area contributed by atoms with Crippen molar-refractivity contribution in [3.8, 4) is 0 Å². The molecule has 0 saturated heterocycles. The second-order valence-corrected chi connectivity index (χ2v) is 6.79. The van der Waals surface area contributed by atoms with E-state index in [9.17, 15) is 9.90 Å². The minimum atomic E-state index is -0.654. The van der Waals surface area contributed by atoms with Crippen LogP contribution in [0.2, 0.25) is 0 Å². The van der Waals surface area contributed by atoms with Gasteiger partial charge >= 0.3 is 0 Å². The number of aliphatic hydroxyl groups is 1. The number of hydrogen-bond donors (Lipinski definition) is 2. The van der Waals surface area contributed by atoms with Gasteiger partial charge in [-0.1, -0.05) is 88.6 Å². The third kappa shape index (κ3) is 9.07. The van der Waals surface area contributed by atoms with E-state index in [4.69, 9.17) is 0 Å². The maximum absolute atomic E-state index is 12.0. The van der Waals surface area contributed by atoms with Crippen molar-refractivity contribution in [2.75, 3.05) is 0 Å². The van der Waals surface area contributed by atoms with Gasteiger partial charge in [0.2, 0.25) is 5.91 Å². The third-order valence-corrected chi connectivity index (χ3v) is 4.51. The first-order valence-electron chi connectivity index (χ1n) is 9.67. The minimum absolute atomic E-state index is 0.0421. The first-order valence-corrected chi connectivity index (χ1v) is 9.67. The molecule has 0 saturated carbocycles. The van der Waals surface area contributed by atoms with Crippen molar-refractivity contribution < 1.29 is 9.90 Å². The van der Waals surface area contributed by atoms with Crippen molar-refractivity contribution in [2.24, 2.45) is 0 Å². The summed E-state index contributed by atoms with van der Waals surface area (Å²) in [5.41, 5.74) is 0.841. The maximum atomic E-state index is 12.0. The number of hydrogen-bond acceptors (Lipinski definition) is 2. The predicted molar refractivity (Wildman–Crippen MR) is 101 cm³/mol. The van der Waals surface area contributed by atoms with Gasteiger partial charge in [0, 0.05) is 6.42 Å². The third-order valence-electron chi connectivity index (χ3n) is 4.51. The summed E-state index contributed by atoms with van der Waals surface area (Å²) < 4.78 is 0. The Bertz CT molecular complexity index is 433. The summed E-state index contributed by atoms with van der Waals surface area (Å²) in [6.07, 6.45) is 11.2. The SMILES string of the molecule is CCCCCCCCCCCC(=O)NC(C)[C@@H](O)c1ccccc1. The molecule has 24 heavy (non-hydrogen) atoms. The fourth-order valence-corrected chi connectivity index (χ4v) is 2.94. The lowest BCUT2D eigenvalue weighted by atomic mass is 10.0. The van der Waals surface area contributed by atoms with Crippen LogP contribution in [0.3, 0.4) is 0 Å². The number of rotatable bonds is 13. The normalized spacial score (nSPS) is 13.5. The highest BCUT2D eigenvalue weighted by molar-refractivity contribution is 5.76.